The van der Waals surface area contributed by atoms with Crippen LogP contribution in [0.5, 0.6) is 0 Å². The first-order valence-electron chi connectivity index (χ1n) is 7.76. The molecule has 1 heterocycles. The summed E-state index contributed by atoms with van der Waals surface area (Å²) in [7, 11) is 0. The quantitative estimate of drug-likeness (QED) is 0.635. The van der Waals surface area contributed by atoms with Crippen LogP contribution in [0.4, 0.5) is 17.5 Å². The van der Waals surface area contributed by atoms with Crippen LogP contribution in [0.2, 0.25) is 0 Å². The summed E-state index contributed by atoms with van der Waals surface area (Å²) in [6, 6.07) is 16.3. The van der Waals surface area contributed by atoms with Gasteiger partial charge in [-0.2, -0.15) is 4.98 Å². The summed E-state index contributed by atoms with van der Waals surface area (Å²) in [5, 5.41) is 6.58. The highest BCUT2D eigenvalue weighted by atomic mass is 79.9. The smallest absolute Gasteiger partial charge is 0.229 e. The van der Waals surface area contributed by atoms with Crippen molar-refractivity contribution in [3.63, 3.8) is 0 Å². The van der Waals surface area contributed by atoms with Gasteiger partial charge in [-0.3, -0.25) is 0 Å². The molecule has 3 aromatic rings. The maximum atomic E-state index is 4.52. The van der Waals surface area contributed by atoms with Crippen LogP contribution in [0.25, 0.3) is 0 Å². The molecule has 1 aromatic heterocycles. The molecule has 24 heavy (non-hydrogen) atoms. The summed E-state index contributed by atoms with van der Waals surface area (Å²) in [4.78, 5) is 8.80. The van der Waals surface area contributed by atoms with E-state index in [0.717, 1.165) is 22.5 Å². The lowest BCUT2D eigenvalue weighted by atomic mass is 10.1. The molecule has 4 nitrogen and oxygen atoms in total. The van der Waals surface area contributed by atoms with Gasteiger partial charge in [0.25, 0.3) is 0 Å². The summed E-state index contributed by atoms with van der Waals surface area (Å²) in [6.45, 7) is 4.90. The van der Waals surface area contributed by atoms with Crippen LogP contribution < -0.4 is 10.6 Å². The van der Waals surface area contributed by atoms with E-state index in [-0.39, 0.29) is 0 Å². The Morgan fingerprint density at radius 1 is 1.00 bits per heavy atom. The monoisotopic (exact) mass is 382 g/mol. The second-order valence-electron chi connectivity index (χ2n) is 5.63. The maximum Gasteiger partial charge on any atom is 0.229 e. The zero-order valence-electron chi connectivity index (χ0n) is 13.7. The van der Waals surface area contributed by atoms with Crippen molar-refractivity contribution in [2.45, 2.75) is 20.4 Å². The van der Waals surface area contributed by atoms with Crippen molar-refractivity contribution in [3.05, 3.63) is 75.9 Å². The van der Waals surface area contributed by atoms with Crippen LogP contribution in [0.15, 0.2) is 59.2 Å². The first-order valence-corrected chi connectivity index (χ1v) is 8.56. The van der Waals surface area contributed by atoms with E-state index in [0.29, 0.717) is 5.95 Å². The molecule has 0 bridgehead atoms. The molecule has 0 aliphatic carbocycles. The number of nitrogens with zero attached hydrogens (tertiary/aromatic N) is 2. The summed E-state index contributed by atoms with van der Waals surface area (Å²) < 4.78 is 1.06. The SMILES string of the molecule is Cc1ccc(Nc2nccc(NCc3ccccc3C)n2)cc1Br. The molecular weight excluding hydrogens is 364 g/mol. The third-order valence-corrected chi connectivity index (χ3v) is 4.66. The van der Waals surface area contributed by atoms with Gasteiger partial charge in [0.1, 0.15) is 5.82 Å². The van der Waals surface area contributed by atoms with Crippen LogP contribution >= 0.6 is 15.9 Å². The molecule has 3 rings (SSSR count). The molecule has 0 spiro atoms. The zero-order valence-corrected chi connectivity index (χ0v) is 15.3. The highest BCUT2D eigenvalue weighted by molar-refractivity contribution is 9.10. The first kappa shape index (κ1) is 16.5. The van der Waals surface area contributed by atoms with Crippen molar-refractivity contribution in [1.82, 2.24) is 9.97 Å². The molecule has 0 unspecified atom stereocenters. The van der Waals surface area contributed by atoms with E-state index in [1.807, 2.05) is 36.4 Å². The first-order chi connectivity index (χ1) is 11.6. The molecule has 0 saturated heterocycles. The largest absolute Gasteiger partial charge is 0.366 e. The molecule has 0 fully saturated rings. The third kappa shape index (κ3) is 4.11. The van der Waals surface area contributed by atoms with Gasteiger partial charge >= 0.3 is 0 Å². The van der Waals surface area contributed by atoms with Gasteiger partial charge in [-0.05, 0) is 48.7 Å². The topological polar surface area (TPSA) is 49.8 Å². The van der Waals surface area contributed by atoms with Crippen molar-refractivity contribution in [3.8, 4) is 0 Å². The predicted molar refractivity (Wildman–Crippen MR) is 103 cm³/mol. The van der Waals surface area contributed by atoms with E-state index in [2.05, 4.69) is 62.5 Å². The van der Waals surface area contributed by atoms with Gasteiger partial charge in [-0.15, -0.1) is 0 Å². The number of aryl methyl sites for hydroxylation is 2. The molecular formula is C19H19BrN4. The molecule has 0 atom stereocenters. The number of anilines is 3. The summed E-state index contributed by atoms with van der Waals surface area (Å²) >= 11 is 3.54. The van der Waals surface area contributed by atoms with Crippen molar-refractivity contribution in [2.24, 2.45) is 0 Å². The van der Waals surface area contributed by atoms with Gasteiger partial charge in [0.15, 0.2) is 0 Å². The van der Waals surface area contributed by atoms with Gasteiger partial charge in [0.05, 0.1) is 0 Å². The third-order valence-electron chi connectivity index (χ3n) is 3.80. The molecule has 2 aromatic carbocycles. The Balaban J connectivity index is 1.69. The molecule has 0 aliphatic heterocycles. The van der Waals surface area contributed by atoms with Crippen molar-refractivity contribution >= 4 is 33.4 Å². The van der Waals surface area contributed by atoms with E-state index >= 15 is 0 Å². The number of hydrogen-bond donors (Lipinski definition) is 2. The number of aromatic nitrogens is 2. The van der Waals surface area contributed by atoms with Crippen LogP contribution in [-0.4, -0.2) is 9.97 Å². The molecule has 0 aliphatic rings. The van der Waals surface area contributed by atoms with Gasteiger partial charge in [0, 0.05) is 22.9 Å². The molecule has 0 radical (unpaired) electrons. The molecule has 0 amide bonds. The standard InChI is InChI=1S/C19H19BrN4/c1-13-5-3-4-6-15(13)12-22-18-9-10-21-19(24-18)23-16-8-7-14(2)17(20)11-16/h3-11H,12H2,1-2H3,(H2,21,22,23,24). The van der Waals surface area contributed by atoms with E-state index in [1.54, 1.807) is 6.20 Å². The Bertz CT molecular complexity index is 848. The predicted octanol–water partition coefficient (Wildman–Crippen LogP) is 5.21. The Morgan fingerprint density at radius 2 is 1.83 bits per heavy atom. The average molecular weight is 383 g/mol. The summed E-state index contributed by atoms with van der Waals surface area (Å²) in [6.07, 6.45) is 1.75. The maximum absolute atomic E-state index is 4.52. The lowest BCUT2D eigenvalue weighted by Crippen LogP contribution is -2.05. The molecule has 122 valence electrons. The fraction of sp³-hybridized carbons (Fsp3) is 0.158. The second kappa shape index (κ2) is 7.45. The average Bonchev–Trinajstić information content (AvgIpc) is 2.58. The zero-order chi connectivity index (χ0) is 16.9. The highest BCUT2D eigenvalue weighted by Gasteiger charge is 2.03. The van der Waals surface area contributed by atoms with E-state index < -0.39 is 0 Å². The van der Waals surface area contributed by atoms with Crippen molar-refractivity contribution in [2.75, 3.05) is 10.6 Å². The molecule has 5 heteroatoms. The van der Waals surface area contributed by atoms with Gasteiger partial charge in [-0.1, -0.05) is 46.3 Å². The summed E-state index contributed by atoms with van der Waals surface area (Å²) in [5.41, 5.74) is 4.66. The Labute approximate surface area is 150 Å². The number of nitrogens with one attached hydrogen (secondary N) is 2. The van der Waals surface area contributed by atoms with Gasteiger partial charge in [0.2, 0.25) is 5.95 Å². The number of halogens is 1. The summed E-state index contributed by atoms with van der Waals surface area (Å²) in [5.74, 6) is 1.36. The van der Waals surface area contributed by atoms with E-state index in [9.17, 15) is 0 Å². The van der Waals surface area contributed by atoms with E-state index in [1.165, 1.54) is 16.7 Å². The minimum absolute atomic E-state index is 0.570. The van der Waals surface area contributed by atoms with Gasteiger partial charge in [-0.25, -0.2) is 4.98 Å². The van der Waals surface area contributed by atoms with Crippen molar-refractivity contribution in [1.29, 1.82) is 0 Å². The van der Waals surface area contributed by atoms with Crippen LogP contribution in [0.1, 0.15) is 16.7 Å². The molecule has 0 saturated carbocycles. The number of hydrogen-bond acceptors (Lipinski definition) is 4. The highest BCUT2D eigenvalue weighted by Crippen LogP contribution is 2.22. The van der Waals surface area contributed by atoms with Gasteiger partial charge < -0.3 is 10.6 Å². The van der Waals surface area contributed by atoms with Crippen LogP contribution in [-0.2, 0) is 6.54 Å². The second-order valence-corrected chi connectivity index (χ2v) is 6.49. The van der Waals surface area contributed by atoms with Crippen molar-refractivity contribution < 1.29 is 0 Å². The number of benzene rings is 2. The van der Waals surface area contributed by atoms with Crippen LogP contribution in [0, 0.1) is 13.8 Å². The Morgan fingerprint density at radius 3 is 2.62 bits per heavy atom. The molecule has 2 N–H and O–H groups in total. The minimum atomic E-state index is 0.570. The Hall–Kier alpha value is -2.40. The lowest BCUT2D eigenvalue weighted by Gasteiger charge is -2.10. The minimum Gasteiger partial charge on any atom is -0.366 e. The fourth-order valence-electron chi connectivity index (χ4n) is 2.31. The van der Waals surface area contributed by atoms with Crippen LogP contribution in [0.3, 0.4) is 0 Å². The number of rotatable bonds is 5. The Kier molecular flexibility index (Phi) is 5.11. The van der Waals surface area contributed by atoms with E-state index in [4.69, 9.17) is 0 Å². The fourth-order valence-corrected chi connectivity index (χ4v) is 2.69. The lowest BCUT2D eigenvalue weighted by molar-refractivity contribution is 1.07. The normalized spacial score (nSPS) is 10.5.